The number of fused-ring (bicyclic) bond motifs is 1. The Labute approximate surface area is 167 Å². The highest BCUT2D eigenvalue weighted by molar-refractivity contribution is 7.86. The number of carbonyl (C=O) groups is 1. The average molecular weight is 411 g/mol. The molecule has 1 saturated heterocycles. The standard InChI is InChI=1S/C18H30N6O3S/c1-5-23(6-2)28(26,27)24-10-7-14(11-24)17-20-16-12-22(13(3)25)9-8-15(16)18(19-4)21-17/h14H,5-12H2,1-4H3,(H,19,20,21)/t14-/m1/s1. The van der Waals surface area contributed by atoms with E-state index < -0.39 is 10.2 Å². The maximum atomic E-state index is 12.8. The topological polar surface area (TPSA) is 98.7 Å². The Morgan fingerprint density at radius 3 is 2.57 bits per heavy atom. The van der Waals surface area contributed by atoms with Gasteiger partial charge in [-0.2, -0.15) is 17.0 Å². The summed E-state index contributed by atoms with van der Waals surface area (Å²) in [5, 5.41) is 3.15. The molecular weight excluding hydrogens is 380 g/mol. The molecule has 156 valence electrons. The van der Waals surface area contributed by atoms with Gasteiger partial charge in [-0.3, -0.25) is 4.79 Å². The zero-order valence-corrected chi connectivity index (χ0v) is 17.9. The molecule has 0 unspecified atom stereocenters. The number of nitrogens with zero attached hydrogens (tertiary/aromatic N) is 5. The van der Waals surface area contributed by atoms with Crippen molar-refractivity contribution in [2.45, 2.75) is 46.1 Å². The zero-order valence-electron chi connectivity index (χ0n) is 17.1. The van der Waals surface area contributed by atoms with Crippen LogP contribution in [0, 0.1) is 0 Å². The number of hydrogen-bond acceptors (Lipinski definition) is 6. The first-order chi connectivity index (χ1) is 13.3. The summed E-state index contributed by atoms with van der Waals surface area (Å²) in [6.45, 7) is 8.18. The van der Waals surface area contributed by atoms with Gasteiger partial charge < -0.3 is 10.2 Å². The Bertz CT molecular complexity index is 840. The SMILES string of the molecule is CCN(CC)S(=O)(=O)N1CC[C@@H](c2nc3c(c(NC)n2)CCN(C(C)=O)C3)C1. The summed E-state index contributed by atoms with van der Waals surface area (Å²) in [5.74, 6) is 1.43. The fourth-order valence-corrected chi connectivity index (χ4v) is 5.65. The second-order valence-corrected chi connectivity index (χ2v) is 9.16. The van der Waals surface area contributed by atoms with Crippen molar-refractivity contribution >= 4 is 21.9 Å². The summed E-state index contributed by atoms with van der Waals surface area (Å²) in [4.78, 5) is 23.0. The highest BCUT2D eigenvalue weighted by atomic mass is 32.2. The Hall–Kier alpha value is -1.78. The van der Waals surface area contributed by atoms with Gasteiger partial charge in [-0.1, -0.05) is 13.8 Å². The molecule has 1 fully saturated rings. The fraction of sp³-hybridized carbons (Fsp3) is 0.722. The predicted octanol–water partition coefficient (Wildman–Crippen LogP) is 0.799. The van der Waals surface area contributed by atoms with Crippen LogP contribution in [0.1, 0.15) is 50.2 Å². The number of rotatable bonds is 6. The Kier molecular flexibility index (Phi) is 6.21. The molecule has 28 heavy (non-hydrogen) atoms. The number of nitrogens with one attached hydrogen (secondary N) is 1. The first-order valence-electron chi connectivity index (χ1n) is 9.89. The molecular formula is C18H30N6O3S. The van der Waals surface area contributed by atoms with Crippen LogP contribution in [0.4, 0.5) is 5.82 Å². The third-order valence-corrected chi connectivity index (χ3v) is 7.79. The fourth-order valence-electron chi connectivity index (χ4n) is 3.97. The minimum atomic E-state index is -3.45. The summed E-state index contributed by atoms with van der Waals surface area (Å²) in [5.41, 5.74) is 1.91. The van der Waals surface area contributed by atoms with E-state index in [-0.39, 0.29) is 11.8 Å². The highest BCUT2D eigenvalue weighted by Crippen LogP contribution is 2.31. The molecule has 9 nitrogen and oxygen atoms in total. The van der Waals surface area contributed by atoms with Crippen LogP contribution >= 0.6 is 0 Å². The second kappa shape index (κ2) is 8.30. The largest absolute Gasteiger partial charge is 0.373 e. The summed E-state index contributed by atoms with van der Waals surface area (Å²) < 4.78 is 28.6. The van der Waals surface area contributed by atoms with Gasteiger partial charge in [0.25, 0.3) is 10.2 Å². The van der Waals surface area contributed by atoms with Crippen LogP contribution in [0.2, 0.25) is 0 Å². The molecule has 1 atom stereocenters. The summed E-state index contributed by atoms with van der Waals surface area (Å²) in [6.07, 6.45) is 1.41. The summed E-state index contributed by atoms with van der Waals surface area (Å²) >= 11 is 0. The minimum absolute atomic E-state index is 0.0363. The van der Waals surface area contributed by atoms with Crippen molar-refractivity contribution in [2.24, 2.45) is 0 Å². The molecule has 3 heterocycles. The van der Waals surface area contributed by atoms with Crippen molar-refractivity contribution in [1.82, 2.24) is 23.5 Å². The first kappa shape index (κ1) is 20.9. The van der Waals surface area contributed by atoms with Crippen molar-refractivity contribution < 1.29 is 13.2 Å². The smallest absolute Gasteiger partial charge is 0.281 e. The molecule has 2 aliphatic rings. The van der Waals surface area contributed by atoms with Crippen LogP contribution in [-0.4, -0.2) is 77.6 Å². The molecule has 1 aromatic heterocycles. The van der Waals surface area contributed by atoms with Gasteiger partial charge in [-0.05, 0) is 12.8 Å². The van der Waals surface area contributed by atoms with Crippen molar-refractivity contribution in [3.8, 4) is 0 Å². The summed E-state index contributed by atoms with van der Waals surface area (Å²) in [7, 11) is -1.62. The zero-order chi connectivity index (χ0) is 20.5. The Morgan fingerprint density at radius 1 is 1.25 bits per heavy atom. The van der Waals surface area contributed by atoms with Gasteiger partial charge in [-0.15, -0.1) is 0 Å². The van der Waals surface area contributed by atoms with Crippen molar-refractivity contribution in [3.63, 3.8) is 0 Å². The van der Waals surface area contributed by atoms with Gasteiger partial charge in [0.05, 0.1) is 12.2 Å². The Balaban J connectivity index is 1.85. The Morgan fingerprint density at radius 2 is 1.96 bits per heavy atom. The van der Waals surface area contributed by atoms with E-state index in [1.807, 2.05) is 20.9 Å². The second-order valence-electron chi connectivity index (χ2n) is 7.23. The number of amides is 1. The number of anilines is 1. The average Bonchev–Trinajstić information content (AvgIpc) is 3.18. The molecule has 1 amide bonds. The van der Waals surface area contributed by atoms with Crippen LogP contribution in [0.15, 0.2) is 0 Å². The lowest BCUT2D eigenvalue weighted by Gasteiger charge is -2.29. The lowest BCUT2D eigenvalue weighted by Crippen LogP contribution is -2.42. The molecule has 2 aliphatic heterocycles. The maximum Gasteiger partial charge on any atom is 0.281 e. The maximum absolute atomic E-state index is 12.8. The van der Waals surface area contributed by atoms with Gasteiger partial charge in [0.2, 0.25) is 5.91 Å². The molecule has 0 spiro atoms. The predicted molar refractivity (Wildman–Crippen MR) is 107 cm³/mol. The van der Waals surface area contributed by atoms with Gasteiger partial charge in [0.1, 0.15) is 11.6 Å². The van der Waals surface area contributed by atoms with Crippen LogP contribution in [0.25, 0.3) is 0 Å². The van der Waals surface area contributed by atoms with E-state index >= 15 is 0 Å². The third-order valence-electron chi connectivity index (χ3n) is 5.64. The molecule has 0 radical (unpaired) electrons. The van der Waals surface area contributed by atoms with E-state index in [9.17, 15) is 13.2 Å². The third kappa shape index (κ3) is 3.85. The van der Waals surface area contributed by atoms with Crippen LogP contribution in [0.3, 0.4) is 0 Å². The molecule has 3 rings (SSSR count). The molecule has 10 heteroatoms. The number of aromatic nitrogens is 2. The molecule has 0 aromatic carbocycles. The monoisotopic (exact) mass is 410 g/mol. The van der Waals surface area contributed by atoms with Gasteiger partial charge in [0.15, 0.2) is 0 Å². The van der Waals surface area contributed by atoms with E-state index in [0.717, 1.165) is 23.5 Å². The van der Waals surface area contributed by atoms with E-state index in [1.165, 1.54) is 8.61 Å². The van der Waals surface area contributed by atoms with Crippen LogP contribution < -0.4 is 5.32 Å². The van der Waals surface area contributed by atoms with Crippen molar-refractivity contribution in [3.05, 3.63) is 17.1 Å². The van der Waals surface area contributed by atoms with E-state index in [4.69, 9.17) is 9.97 Å². The van der Waals surface area contributed by atoms with Gasteiger partial charge >= 0.3 is 0 Å². The number of carbonyl (C=O) groups excluding carboxylic acids is 1. The van der Waals surface area contributed by atoms with Crippen molar-refractivity contribution in [2.75, 3.05) is 45.1 Å². The highest BCUT2D eigenvalue weighted by Gasteiger charge is 2.37. The van der Waals surface area contributed by atoms with E-state index in [2.05, 4.69) is 5.32 Å². The number of hydrogen-bond donors (Lipinski definition) is 1. The van der Waals surface area contributed by atoms with Crippen LogP contribution in [0.5, 0.6) is 0 Å². The van der Waals surface area contributed by atoms with Gasteiger partial charge in [-0.25, -0.2) is 9.97 Å². The van der Waals surface area contributed by atoms with E-state index in [0.29, 0.717) is 51.5 Å². The molecule has 1 N–H and O–H groups in total. The quantitative estimate of drug-likeness (QED) is 0.745. The van der Waals surface area contributed by atoms with Gasteiger partial charge in [0, 0.05) is 58.2 Å². The van der Waals surface area contributed by atoms with Crippen molar-refractivity contribution in [1.29, 1.82) is 0 Å². The lowest BCUT2D eigenvalue weighted by atomic mass is 10.0. The van der Waals surface area contributed by atoms with E-state index in [1.54, 1.807) is 11.8 Å². The summed E-state index contributed by atoms with van der Waals surface area (Å²) in [6, 6.07) is 0. The normalized spacial score (nSPS) is 20.5. The molecule has 0 aliphatic carbocycles. The molecule has 0 saturated carbocycles. The minimum Gasteiger partial charge on any atom is -0.373 e. The van der Waals surface area contributed by atoms with Crippen LogP contribution in [-0.2, 0) is 28.0 Å². The molecule has 1 aromatic rings. The lowest BCUT2D eigenvalue weighted by molar-refractivity contribution is -0.129. The molecule has 0 bridgehead atoms. The first-order valence-corrected chi connectivity index (χ1v) is 11.3.